The monoisotopic (exact) mass is 761 g/mol. The zero-order valence-corrected chi connectivity index (χ0v) is 33.3. The van der Waals surface area contributed by atoms with Gasteiger partial charge < -0.3 is 24.7 Å². The van der Waals surface area contributed by atoms with Crippen molar-refractivity contribution >= 4 is 40.4 Å². The highest BCUT2D eigenvalue weighted by Crippen LogP contribution is 2.68. The van der Waals surface area contributed by atoms with E-state index >= 15 is 0 Å². The first-order valence-corrected chi connectivity index (χ1v) is 22.4. The van der Waals surface area contributed by atoms with Gasteiger partial charge in [0, 0.05) is 38.3 Å². The van der Waals surface area contributed by atoms with E-state index in [0.29, 0.717) is 40.9 Å². The number of ether oxygens (including phenoxy) is 1. The summed E-state index contributed by atoms with van der Waals surface area (Å²) in [4.78, 5) is 33.1. The number of benzene rings is 2. The van der Waals surface area contributed by atoms with Crippen LogP contribution in [0.1, 0.15) is 91.4 Å². The number of nitrogens with zero attached hydrogens (tertiary/aromatic N) is 1. The Kier molecular flexibility index (Phi) is 11.8. The fourth-order valence-electron chi connectivity index (χ4n) is 11.5. The number of sulfonamides is 1. The van der Waals surface area contributed by atoms with Crippen molar-refractivity contribution in [1.29, 1.82) is 0 Å². The van der Waals surface area contributed by atoms with Crippen LogP contribution in [0, 0.1) is 46.3 Å². The third kappa shape index (κ3) is 8.22. The lowest BCUT2D eigenvalue weighted by Crippen LogP contribution is -2.54. The Balaban J connectivity index is 0.967. The van der Waals surface area contributed by atoms with E-state index < -0.39 is 23.9 Å². The second-order valence-corrected chi connectivity index (χ2v) is 20.0. The number of anilines is 1. The lowest BCUT2D eigenvalue weighted by Gasteiger charge is -2.61. The molecule has 13 heteroatoms. The standard InChI is InChI=1S/C39H60N3O8PS/c1-26(8-7-23-49-51(44,45)46)33-15-16-34-32-13-11-28-25-30(17-19-38(28,2)35(32)18-20-39(33,34)3)50-37(43)40-21-22-41-52(47,48)36-10-6-9-27-24-29(42(4)5)12-14-31(27)36/h6,9-10,12,14,24,26,28,30,32-35,41H,7-8,11,13,15-23,25H2,1-5H3,(H,40,43)(H2,44,45,46). The molecule has 11 nitrogen and oxygen atoms in total. The largest absolute Gasteiger partial charge is 0.469 e. The normalized spacial score (nSPS) is 32.4. The molecule has 2 aromatic carbocycles. The van der Waals surface area contributed by atoms with Crippen LogP contribution in [-0.2, 0) is 23.8 Å². The Morgan fingerprint density at radius 2 is 1.75 bits per heavy atom. The number of nitrogens with one attached hydrogen (secondary N) is 2. The van der Waals surface area contributed by atoms with E-state index in [4.69, 9.17) is 19.0 Å². The Morgan fingerprint density at radius 3 is 2.50 bits per heavy atom. The molecule has 1 amide bonds. The summed E-state index contributed by atoms with van der Waals surface area (Å²) in [6.07, 6.45) is 11.1. The number of phosphoric ester groups is 1. The number of carbonyl (C=O) groups excluding carboxylic acids is 1. The van der Waals surface area contributed by atoms with Crippen LogP contribution >= 0.6 is 7.82 Å². The quantitative estimate of drug-likeness (QED) is 0.120. The number of alkyl carbamates (subject to hydrolysis) is 1. The predicted molar refractivity (Wildman–Crippen MR) is 203 cm³/mol. The van der Waals surface area contributed by atoms with Gasteiger partial charge in [-0.1, -0.05) is 39.0 Å². The topological polar surface area (TPSA) is 154 Å². The highest BCUT2D eigenvalue weighted by Gasteiger charge is 2.60. The summed E-state index contributed by atoms with van der Waals surface area (Å²) < 4.78 is 50.8. The van der Waals surface area contributed by atoms with Crippen molar-refractivity contribution < 1.29 is 36.8 Å². The van der Waals surface area contributed by atoms with Crippen molar-refractivity contribution in [3.63, 3.8) is 0 Å². The van der Waals surface area contributed by atoms with Crippen LogP contribution in [0.4, 0.5) is 10.5 Å². The molecule has 6 rings (SSSR count). The molecule has 0 radical (unpaired) electrons. The van der Waals surface area contributed by atoms with Crippen LogP contribution in [0.5, 0.6) is 0 Å². The summed E-state index contributed by atoms with van der Waals surface area (Å²) in [6, 6.07) is 10.9. The fraction of sp³-hybridized carbons (Fsp3) is 0.718. The molecule has 0 bridgehead atoms. The minimum absolute atomic E-state index is 0.0583. The summed E-state index contributed by atoms with van der Waals surface area (Å²) in [5.41, 5.74) is 1.55. The minimum Gasteiger partial charge on any atom is -0.446 e. The van der Waals surface area contributed by atoms with Crippen molar-refractivity contribution in [2.45, 2.75) is 102 Å². The van der Waals surface area contributed by atoms with E-state index in [9.17, 15) is 17.8 Å². The molecule has 9 atom stereocenters. The molecule has 0 aliphatic heterocycles. The Morgan fingerprint density at radius 1 is 1.00 bits per heavy atom. The fourth-order valence-corrected chi connectivity index (χ4v) is 13.1. The molecule has 290 valence electrons. The van der Waals surface area contributed by atoms with Crippen molar-refractivity contribution in [2.24, 2.45) is 46.3 Å². The molecule has 9 unspecified atom stereocenters. The molecular formula is C39H60N3O8PS. The molecule has 4 aliphatic rings. The van der Waals surface area contributed by atoms with Gasteiger partial charge >= 0.3 is 13.9 Å². The smallest absolute Gasteiger partial charge is 0.446 e. The molecule has 0 heterocycles. The molecular weight excluding hydrogens is 701 g/mol. The van der Waals surface area contributed by atoms with Crippen molar-refractivity contribution in [3.8, 4) is 0 Å². The van der Waals surface area contributed by atoms with Gasteiger partial charge in [-0.3, -0.25) is 4.52 Å². The highest BCUT2D eigenvalue weighted by atomic mass is 32.2. The number of phosphoric acid groups is 1. The molecule has 4 N–H and O–H groups in total. The van der Waals surface area contributed by atoms with Gasteiger partial charge in [0.25, 0.3) is 0 Å². The van der Waals surface area contributed by atoms with E-state index in [-0.39, 0.29) is 36.1 Å². The molecule has 4 fully saturated rings. The molecule has 2 aromatic rings. The third-order valence-corrected chi connectivity index (χ3v) is 16.1. The number of hydrogen-bond donors (Lipinski definition) is 4. The van der Waals surface area contributed by atoms with Crippen LogP contribution in [0.3, 0.4) is 0 Å². The van der Waals surface area contributed by atoms with Gasteiger partial charge in [-0.15, -0.1) is 0 Å². The molecule has 0 saturated heterocycles. The number of hydrogen-bond acceptors (Lipinski definition) is 7. The molecule has 0 spiro atoms. The van der Waals surface area contributed by atoms with E-state index in [1.54, 1.807) is 12.1 Å². The first-order valence-electron chi connectivity index (χ1n) is 19.4. The van der Waals surface area contributed by atoms with Crippen molar-refractivity contribution in [1.82, 2.24) is 10.0 Å². The maximum atomic E-state index is 13.2. The van der Waals surface area contributed by atoms with E-state index in [1.165, 1.54) is 32.1 Å². The number of carbonyl (C=O) groups is 1. The zero-order chi connectivity index (χ0) is 37.5. The van der Waals surface area contributed by atoms with Gasteiger partial charge in [-0.05, 0) is 141 Å². The number of rotatable bonds is 13. The van der Waals surface area contributed by atoms with Gasteiger partial charge in [0.2, 0.25) is 10.0 Å². The average Bonchev–Trinajstić information content (AvgIpc) is 3.45. The van der Waals surface area contributed by atoms with Crippen molar-refractivity contribution in [3.05, 3.63) is 36.4 Å². The summed E-state index contributed by atoms with van der Waals surface area (Å²) >= 11 is 0. The molecule has 0 aromatic heterocycles. The first-order chi connectivity index (χ1) is 24.5. The van der Waals surface area contributed by atoms with Crippen LogP contribution < -0.4 is 14.9 Å². The van der Waals surface area contributed by atoms with Gasteiger partial charge in [0.15, 0.2) is 0 Å². The maximum absolute atomic E-state index is 13.2. The Labute approximate surface area is 310 Å². The van der Waals surface area contributed by atoms with Crippen LogP contribution in [0.15, 0.2) is 41.3 Å². The molecule has 52 heavy (non-hydrogen) atoms. The summed E-state index contributed by atoms with van der Waals surface area (Å²) in [5, 5.41) is 4.26. The number of fused-ring (bicyclic) bond motifs is 6. The summed E-state index contributed by atoms with van der Waals surface area (Å²) in [7, 11) is -4.31. The highest BCUT2D eigenvalue weighted by molar-refractivity contribution is 7.89. The summed E-state index contributed by atoms with van der Waals surface area (Å²) in [6.45, 7) is 7.65. The second-order valence-electron chi connectivity index (χ2n) is 17.0. The number of amides is 1. The predicted octanol–water partition coefficient (Wildman–Crippen LogP) is 7.46. The SMILES string of the molecule is CC(CCCOP(=O)(O)O)C1CCC2C3CCC4CC(OC(=O)NCCNS(=O)(=O)c5cccc6cc(N(C)C)ccc56)CCC4(C)C3CCC12C. The van der Waals surface area contributed by atoms with E-state index in [1.807, 2.05) is 43.3 Å². The van der Waals surface area contributed by atoms with Crippen LogP contribution in [-0.4, -0.2) is 64.2 Å². The van der Waals surface area contributed by atoms with Gasteiger partial charge in [0.05, 0.1) is 11.5 Å². The average molecular weight is 762 g/mol. The van der Waals surface area contributed by atoms with Crippen molar-refractivity contribution in [2.75, 3.05) is 38.7 Å². The van der Waals surface area contributed by atoms with Crippen LogP contribution in [0.2, 0.25) is 0 Å². The second kappa shape index (κ2) is 15.5. The zero-order valence-electron chi connectivity index (χ0n) is 31.6. The van der Waals surface area contributed by atoms with E-state index in [2.05, 4.69) is 30.8 Å². The van der Waals surface area contributed by atoms with Gasteiger partial charge in [-0.2, -0.15) is 0 Å². The molecule has 4 aliphatic carbocycles. The minimum atomic E-state index is -4.41. The Hall–Kier alpha value is -2.21. The molecule has 4 saturated carbocycles. The lowest BCUT2D eigenvalue weighted by atomic mass is 9.44. The Bertz CT molecular complexity index is 1750. The van der Waals surface area contributed by atoms with Gasteiger partial charge in [0.1, 0.15) is 6.10 Å². The van der Waals surface area contributed by atoms with Crippen LogP contribution in [0.25, 0.3) is 10.8 Å². The third-order valence-electron chi connectivity index (χ3n) is 14.0. The maximum Gasteiger partial charge on any atom is 0.469 e. The van der Waals surface area contributed by atoms with E-state index in [0.717, 1.165) is 55.0 Å². The lowest BCUT2D eigenvalue weighted by molar-refractivity contribution is -0.129. The summed E-state index contributed by atoms with van der Waals surface area (Å²) in [5.74, 6) is 3.79. The first kappa shape index (κ1) is 39.5. The van der Waals surface area contributed by atoms with Gasteiger partial charge in [-0.25, -0.2) is 22.5 Å².